The molecular weight excluding hydrogens is 433 g/mol. The van der Waals surface area contributed by atoms with Crippen LogP contribution in [-0.2, 0) is 11.3 Å². The zero-order chi connectivity index (χ0) is 23.2. The fourth-order valence-corrected chi connectivity index (χ4v) is 3.08. The number of fused-ring (bicyclic) bond motifs is 2. The molecule has 2 N–H and O–H groups in total. The minimum Gasteiger partial charge on any atom is -0.378 e. The number of hydrogen-bond acceptors (Lipinski definition) is 7. The number of anilines is 1. The van der Waals surface area contributed by atoms with Crippen molar-refractivity contribution >= 4 is 22.8 Å². The summed E-state index contributed by atoms with van der Waals surface area (Å²) in [5.74, 6) is -0.778. The SMILES string of the molecule is CC(C)c1nn(CC(=O)Nc2ccc3nncn3c2)c(=O)c2cc(C(O)C(F)(F)F)nn12. The number of pyridine rings is 1. The van der Waals surface area contributed by atoms with Crippen molar-refractivity contribution in [2.75, 3.05) is 5.32 Å². The molecule has 4 aromatic rings. The molecule has 0 saturated heterocycles. The Kier molecular flexibility index (Phi) is 5.16. The van der Waals surface area contributed by atoms with E-state index < -0.39 is 36.0 Å². The number of amides is 1. The molecule has 0 aliphatic carbocycles. The van der Waals surface area contributed by atoms with Crippen molar-refractivity contribution in [3.05, 3.63) is 52.6 Å². The summed E-state index contributed by atoms with van der Waals surface area (Å²) in [7, 11) is 0. The Balaban J connectivity index is 1.67. The van der Waals surface area contributed by atoms with Gasteiger partial charge in [0.1, 0.15) is 24.1 Å². The van der Waals surface area contributed by atoms with Crippen LogP contribution in [-0.4, -0.2) is 51.2 Å². The minimum absolute atomic E-state index is 0.152. The molecule has 1 atom stereocenters. The first-order chi connectivity index (χ1) is 15.0. The van der Waals surface area contributed by atoms with Gasteiger partial charge in [0.15, 0.2) is 17.6 Å². The van der Waals surface area contributed by atoms with Crippen LogP contribution < -0.4 is 10.9 Å². The maximum absolute atomic E-state index is 12.9. The van der Waals surface area contributed by atoms with Crippen LogP contribution in [0, 0.1) is 0 Å². The number of aliphatic hydroxyl groups excluding tert-OH is 1. The summed E-state index contributed by atoms with van der Waals surface area (Å²) in [4.78, 5) is 25.3. The fraction of sp³-hybridized carbons (Fsp3) is 0.333. The van der Waals surface area contributed by atoms with E-state index in [9.17, 15) is 27.9 Å². The molecule has 4 aromatic heterocycles. The first kappa shape index (κ1) is 21.4. The molecule has 168 valence electrons. The highest BCUT2D eigenvalue weighted by atomic mass is 19.4. The Morgan fingerprint density at radius 2 is 2.00 bits per heavy atom. The van der Waals surface area contributed by atoms with Crippen molar-refractivity contribution in [2.24, 2.45) is 0 Å². The average Bonchev–Trinajstić information content (AvgIpc) is 3.35. The first-order valence-electron chi connectivity index (χ1n) is 9.39. The van der Waals surface area contributed by atoms with Crippen LogP contribution in [0.1, 0.15) is 37.4 Å². The molecule has 0 bridgehead atoms. The van der Waals surface area contributed by atoms with Crippen molar-refractivity contribution in [1.82, 2.24) is 34.0 Å². The molecule has 1 amide bonds. The number of hydrogen-bond donors (Lipinski definition) is 2. The lowest BCUT2D eigenvalue weighted by Gasteiger charge is -2.12. The smallest absolute Gasteiger partial charge is 0.378 e. The van der Waals surface area contributed by atoms with E-state index in [4.69, 9.17) is 0 Å². The van der Waals surface area contributed by atoms with Crippen LogP contribution in [0.4, 0.5) is 18.9 Å². The molecule has 0 fully saturated rings. The predicted molar refractivity (Wildman–Crippen MR) is 104 cm³/mol. The van der Waals surface area contributed by atoms with E-state index in [1.54, 1.807) is 36.6 Å². The molecule has 0 aliphatic heterocycles. The summed E-state index contributed by atoms with van der Waals surface area (Å²) >= 11 is 0. The number of aromatic nitrogens is 7. The summed E-state index contributed by atoms with van der Waals surface area (Å²) in [6.45, 7) is 2.91. The number of rotatable bonds is 5. The molecule has 1 unspecified atom stereocenters. The van der Waals surface area contributed by atoms with Gasteiger partial charge in [-0.1, -0.05) is 13.8 Å². The Hall–Kier alpha value is -3.81. The number of halogens is 3. The molecule has 4 heterocycles. The molecule has 0 radical (unpaired) electrons. The number of aliphatic hydroxyl groups is 1. The van der Waals surface area contributed by atoms with Crippen molar-refractivity contribution in [1.29, 1.82) is 0 Å². The van der Waals surface area contributed by atoms with E-state index in [-0.39, 0.29) is 17.3 Å². The molecule has 11 nitrogen and oxygen atoms in total. The highest BCUT2D eigenvalue weighted by Crippen LogP contribution is 2.32. The van der Waals surface area contributed by atoms with E-state index in [0.29, 0.717) is 11.3 Å². The summed E-state index contributed by atoms with van der Waals surface area (Å²) in [6, 6.07) is 4.08. The van der Waals surface area contributed by atoms with Gasteiger partial charge in [-0.2, -0.15) is 23.4 Å². The van der Waals surface area contributed by atoms with Gasteiger partial charge in [0.2, 0.25) is 5.91 Å². The Labute approximate surface area is 177 Å². The zero-order valence-corrected chi connectivity index (χ0v) is 16.8. The van der Waals surface area contributed by atoms with E-state index in [0.717, 1.165) is 15.3 Å². The van der Waals surface area contributed by atoms with E-state index in [1.165, 1.54) is 6.33 Å². The summed E-state index contributed by atoms with van der Waals surface area (Å²) in [5, 5.41) is 27.6. The number of carbonyl (C=O) groups excluding carboxylic acids is 1. The van der Waals surface area contributed by atoms with Gasteiger partial charge in [-0.25, -0.2) is 9.20 Å². The second-order valence-electron chi connectivity index (χ2n) is 7.35. The predicted octanol–water partition coefficient (Wildman–Crippen LogP) is 1.29. The maximum atomic E-state index is 12.9. The Morgan fingerprint density at radius 1 is 1.25 bits per heavy atom. The van der Waals surface area contributed by atoms with Crippen LogP contribution >= 0.6 is 0 Å². The topological polar surface area (TPSA) is 132 Å². The van der Waals surface area contributed by atoms with Crippen LogP contribution in [0.25, 0.3) is 11.2 Å². The maximum Gasteiger partial charge on any atom is 0.420 e. The largest absolute Gasteiger partial charge is 0.420 e. The highest BCUT2D eigenvalue weighted by molar-refractivity contribution is 5.90. The summed E-state index contributed by atoms with van der Waals surface area (Å²) < 4.78 is 42.1. The third-order valence-electron chi connectivity index (χ3n) is 4.60. The van der Waals surface area contributed by atoms with Crippen LogP contribution in [0.15, 0.2) is 35.5 Å². The number of alkyl halides is 3. The second-order valence-corrected chi connectivity index (χ2v) is 7.35. The lowest BCUT2D eigenvalue weighted by atomic mass is 10.2. The number of nitrogens with zero attached hydrogens (tertiary/aromatic N) is 7. The molecule has 4 rings (SSSR count). The van der Waals surface area contributed by atoms with Gasteiger partial charge in [0.05, 0.1) is 5.69 Å². The molecule has 0 saturated carbocycles. The second kappa shape index (κ2) is 7.71. The van der Waals surface area contributed by atoms with Gasteiger partial charge in [-0.3, -0.25) is 14.0 Å². The third kappa shape index (κ3) is 3.91. The molecule has 14 heteroatoms. The van der Waals surface area contributed by atoms with Gasteiger partial charge in [0, 0.05) is 12.1 Å². The van der Waals surface area contributed by atoms with E-state index >= 15 is 0 Å². The van der Waals surface area contributed by atoms with E-state index in [1.807, 2.05) is 0 Å². The zero-order valence-electron chi connectivity index (χ0n) is 16.8. The highest BCUT2D eigenvalue weighted by Gasteiger charge is 2.41. The Morgan fingerprint density at radius 3 is 2.69 bits per heavy atom. The van der Waals surface area contributed by atoms with Crippen molar-refractivity contribution in [2.45, 2.75) is 38.6 Å². The fourth-order valence-electron chi connectivity index (χ4n) is 3.08. The molecular formula is C18H17F3N8O3. The van der Waals surface area contributed by atoms with Crippen molar-refractivity contribution in [3.63, 3.8) is 0 Å². The van der Waals surface area contributed by atoms with E-state index in [2.05, 4.69) is 25.7 Å². The molecule has 0 aromatic carbocycles. The van der Waals surface area contributed by atoms with Gasteiger partial charge in [0.25, 0.3) is 5.56 Å². The van der Waals surface area contributed by atoms with Gasteiger partial charge < -0.3 is 10.4 Å². The van der Waals surface area contributed by atoms with Gasteiger partial charge in [-0.05, 0) is 18.2 Å². The van der Waals surface area contributed by atoms with Crippen LogP contribution in [0.5, 0.6) is 0 Å². The first-order valence-corrected chi connectivity index (χ1v) is 9.39. The molecule has 0 aliphatic rings. The standard InChI is InChI=1S/C18H17F3N8O3/c1-9(2)16-26-28(7-14(30)23-10-3-4-13-24-22-8-27(13)6-10)17(32)12-5-11(25-29(12)16)15(31)18(19,20)21/h3-6,8-9,15,31H,7H2,1-2H3,(H,23,30). The monoisotopic (exact) mass is 450 g/mol. The summed E-state index contributed by atoms with van der Waals surface area (Å²) in [6.07, 6.45) is -4.78. The lowest BCUT2D eigenvalue weighted by molar-refractivity contribution is -0.208. The van der Waals surface area contributed by atoms with Gasteiger partial charge in [-0.15, -0.1) is 10.2 Å². The van der Waals surface area contributed by atoms with Crippen LogP contribution in [0.3, 0.4) is 0 Å². The minimum atomic E-state index is -4.95. The molecule has 0 spiro atoms. The van der Waals surface area contributed by atoms with Gasteiger partial charge >= 0.3 is 6.18 Å². The average molecular weight is 450 g/mol. The Bertz CT molecular complexity index is 1370. The van der Waals surface area contributed by atoms with Crippen molar-refractivity contribution < 1.29 is 23.1 Å². The normalized spacial score (nSPS) is 13.2. The third-order valence-corrected chi connectivity index (χ3v) is 4.60. The van der Waals surface area contributed by atoms with Crippen LogP contribution in [0.2, 0.25) is 0 Å². The quantitative estimate of drug-likeness (QED) is 0.468. The summed E-state index contributed by atoms with van der Waals surface area (Å²) in [5.41, 5.74) is -0.804. The van der Waals surface area contributed by atoms with Crippen molar-refractivity contribution in [3.8, 4) is 0 Å². The number of nitrogens with one attached hydrogen (secondary N) is 1. The number of carbonyl (C=O) groups is 1. The lowest BCUT2D eigenvalue weighted by Crippen LogP contribution is -2.32. The molecule has 32 heavy (non-hydrogen) atoms.